The first-order valence-electron chi connectivity index (χ1n) is 7.63. The quantitative estimate of drug-likeness (QED) is 0.242. The molecule has 21 heavy (non-hydrogen) atoms. The van der Waals surface area contributed by atoms with E-state index in [1.807, 2.05) is 12.2 Å². The molecular weight excluding hydrogens is 278 g/mol. The van der Waals surface area contributed by atoms with Crippen LogP contribution in [0.3, 0.4) is 0 Å². The number of hydrogen-bond donors (Lipinski definition) is 2. The number of methoxy groups -OCH3 is 1. The van der Waals surface area contributed by atoms with Crippen LogP contribution in [0.25, 0.3) is 0 Å². The number of thiol groups is 1. The van der Waals surface area contributed by atoms with Gasteiger partial charge in [0.05, 0.1) is 6.10 Å². The molecule has 2 N–H and O–H groups in total. The maximum absolute atomic E-state index is 5.74. The number of ether oxygens (including phenoxy) is 1. The van der Waals surface area contributed by atoms with Gasteiger partial charge in [0.1, 0.15) is 0 Å². The summed E-state index contributed by atoms with van der Waals surface area (Å²) in [6.45, 7) is 5.92. The van der Waals surface area contributed by atoms with Crippen molar-refractivity contribution in [2.45, 2.75) is 51.2 Å². The number of rotatable bonds is 12. The van der Waals surface area contributed by atoms with Crippen molar-refractivity contribution in [3.8, 4) is 0 Å². The van der Waals surface area contributed by atoms with E-state index in [4.69, 9.17) is 10.5 Å². The summed E-state index contributed by atoms with van der Waals surface area (Å²) in [6, 6.07) is 0.0729. The Balaban J connectivity index is 3.87. The van der Waals surface area contributed by atoms with E-state index in [0.29, 0.717) is 5.75 Å². The Morgan fingerprint density at radius 3 is 2.67 bits per heavy atom. The molecule has 0 aromatic carbocycles. The molecule has 0 unspecified atom stereocenters. The minimum absolute atomic E-state index is 0.0729. The second-order valence-corrected chi connectivity index (χ2v) is 5.58. The Morgan fingerprint density at radius 2 is 2.05 bits per heavy atom. The predicted octanol–water partition coefficient (Wildman–Crippen LogP) is 4.45. The molecule has 0 saturated carbocycles. The number of unbranched alkanes of at least 4 members (excludes halogenated alkanes) is 1. The van der Waals surface area contributed by atoms with Crippen LogP contribution in [0.5, 0.6) is 0 Å². The molecule has 0 fully saturated rings. The maximum Gasteiger partial charge on any atom is 0.0608 e. The largest absolute Gasteiger partial charge is 0.381 e. The van der Waals surface area contributed by atoms with Crippen LogP contribution in [0.1, 0.15) is 39.0 Å². The molecule has 0 rings (SSSR count). The summed E-state index contributed by atoms with van der Waals surface area (Å²) in [5.41, 5.74) is 7.12. The molecular formula is C18H31NOS. The van der Waals surface area contributed by atoms with E-state index in [2.05, 4.69) is 50.4 Å². The minimum atomic E-state index is 0.0729. The van der Waals surface area contributed by atoms with Gasteiger partial charge in [-0.15, -0.1) is 6.58 Å². The summed E-state index contributed by atoms with van der Waals surface area (Å²) in [5.74, 6) is 0.697. The van der Waals surface area contributed by atoms with Gasteiger partial charge in [0, 0.05) is 18.9 Å². The number of allylic oxidation sites excluding steroid dienone is 5. The van der Waals surface area contributed by atoms with Crippen molar-refractivity contribution in [2.75, 3.05) is 12.9 Å². The number of hydrogen-bond acceptors (Lipinski definition) is 3. The van der Waals surface area contributed by atoms with Crippen LogP contribution in [0.15, 0.2) is 48.6 Å². The molecule has 0 aliphatic carbocycles. The second-order valence-electron chi connectivity index (χ2n) is 5.21. The molecule has 0 radical (unpaired) electrons. The maximum atomic E-state index is 5.74. The molecule has 0 bridgehead atoms. The third-order valence-corrected chi connectivity index (χ3v) is 3.66. The first-order valence-corrected chi connectivity index (χ1v) is 8.26. The summed E-state index contributed by atoms with van der Waals surface area (Å²) in [7, 11) is 1.76. The van der Waals surface area contributed by atoms with Gasteiger partial charge >= 0.3 is 0 Å². The molecule has 0 aromatic rings. The van der Waals surface area contributed by atoms with Crippen molar-refractivity contribution < 1.29 is 4.74 Å². The predicted molar refractivity (Wildman–Crippen MR) is 97.9 cm³/mol. The van der Waals surface area contributed by atoms with Crippen molar-refractivity contribution in [3.05, 3.63) is 48.6 Å². The molecule has 2 atom stereocenters. The second kappa shape index (κ2) is 14.2. The lowest BCUT2D eigenvalue weighted by molar-refractivity contribution is 0.0981. The molecule has 0 aromatic heterocycles. The summed E-state index contributed by atoms with van der Waals surface area (Å²) in [4.78, 5) is 0. The first kappa shape index (κ1) is 20.2. The van der Waals surface area contributed by atoms with Crippen LogP contribution >= 0.6 is 12.6 Å². The van der Waals surface area contributed by atoms with Gasteiger partial charge in [-0.2, -0.15) is 12.6 Å². The lowest BCUT2D eigenvalue weighted by Gasteiger charge is -2.12. The minimum Gasteiger partial charge on any atom is -0.381 e. The highest BCUT2D eigenvalue weighted by molar-refractivity contribution is 7.80. The third kappa shape index (κ3) is 12.7. The summed E-state index contributed by atoms with van der Waals surface area (Å²) < 4.78 is 5.40. The fourth-order valence-electron chi connectivity index (χ4n) is 1.84. The van der Waals surface area contributed by atoms with Crippen molar-refractivity contribution >= 4 is 12.6 Å². The average molecular weight is 310 g/mol. The number of nitrogens with two attached hydrogens (primary N) is 1. The fourth-order valence-corrected chi connectivity index (χ4v) is 1.96. The first-order chi connectivity index (χ1) is 10.1. The van der Waals surface area contributed by atoms with E-state index < -0.39 is 0 Å². The van der Waals surface area contributed by atoms with Gasteiger partial charge in [0.2, 0.25) is 0 Å². The van der Waals surface area contributed by atoms with E-state index in [1.165, 1.54) is 5.57 Å². The molecule has 0 aliphatic heterocycles. The summed E-state index contributed by atoms with van der Waals surface area (Å²) in [5, 5.41) is 0. The fraction of sp³-hybridized carbons (Fsp3) is 0.556. The van der Waals surface area contributed by atoms with Gasteiger partial charge in [0.25, 0.3) is 0 Å². The SMILES string of the molecule is C=CC[C@@H](CC/C(C)=C/C=C/CC/C=C\[C@@H](N)CS)OC. The van der Waals surface area contributed by atoms with Gasteiger partial charge in [-0.3, -0.25) is 0 Å². The highest BCUT2D eigenvalue weighted by Gasteiger charge is 2.04. The molecule has 0 spiro atoms. The lowest BCUT2D eigenvalue weighted by Crippen LogP contribution is -2.17. The van der Waals surface area contributed by atoms with Crippen molar-refractivity contribution in [3.63, 3.8) is 0 Å². The Bertz CT molecular complexity index is 347. The normalized spacial score (nSPS) is 15.7. The van der Waals surface area contributed by atoms with E-state index in [-0.39, 0.29) is 12.1 Å². The molecule has 120 valence electrons. The van der Waals surface area contributed by atoms with Gasteiger partial charge in [0.15, 0.2) is 0 Å². The van der Waals surface area contributed by atoms with Crippen LogP contribution in [0.2, 0.25) is 0 Å². The smallest absolute Gasteiger partial charge is 0.0608 e. The molecule has 2 nitrogen and oxygen atoms in total. The summed E-state index contributed by atoms with van der Waals surface area (Å²) in [6.07, 6.45) is 17.9. The van der Waals surface area contributed by atoms with Gasteiger partial charge in [-0.25, -0.2) is 0 Å². The Labute approximate surface area is 136 Å². The van der Waals surface area contributed by atoms with E-state index in [9.17, 15) is 0 Å². The van der Waals surface area contributed by atoms with E-state index in [1.54, 1.807) is 7.11 Å². The standard InChI is InChI=1S/C18H31NOS/c1-4-10-18(20-3)14-13-16(2)11-8-6-5-7-9-12-17(19)15-21/h4,6,8-9,11-12,17-18,21H,1,5,7,10,13-15,19H2,2-3H3/b8-6+,12-9-,16-11+/t17-,18+/m1/s1. The van der Waals surface area contributed by atoms with E-state index >= 15 is 0 Å². The van der Waals surface area contributed by atoms with Crippen LogP contribution in [0, 0.1) is 0 Å². The van der Waals surface area contributed by atoms with Crippen LogP contribution in [-0.2, 0) is 4.74 Å². The molecule has 3 heteroatoms. The zero-order valence-corrected chi connectivity index (χ0v) is 14.4. The average Bonchev–Trinajstić information content (AvgIpc) is 2.50. The summed E-state index contributed by atoms with van der Waals surface area (Å²) >= 11 is 4.14. The molecule has 0 heterocycles. The monoisotopic (exact) mass is 309 g/mol. The highest BCUT2D eigenvalue weighted by Crippen LogP contribution is 2.12. The van der Waals surface area contributed by atoms with Crippen molar-refractivity contribution in [1.82, 2.24) is 0 Å². The third-order valence-electron chi connectivity index (χ3n) is 3.23. The van der Waals surface area contributed by atoms with Gasteiger partial charge < -0.3 is 10.5 Å². The van der Waals surface area contributed by atoms with Crippen molar-refractivity contribution in [2.24, 2.45) is 5.73 Å². The van der Waals surface area contributed by atoms with Crippen LogP contribution in [-0.4, -0.2) is 25.0 Å². The molecule has 0 aliphatic rings. The lowest BCUT2D eigenvalue weighted by atomic mass is 10.1. The Morgan fingerprint density at radius 1 is 1.33 bits per heavy atom. The van der Waals surface area contributed by atoms with Gasteiger partial charge in [-0.1, -0.05) is 42.0 Å². The van der Waals surface area contributed by atoms with E-state index in [0.717, 1.165) is 32.1 Å². The van der Waals surface area contributed by atoms with Crippen molar-refractivity contribution in [1.29, 1.82) is 0 Å². The molecule has 0 saturated heterocycles. The van der Waals surface area contributed by atoms with Crippen LogP contribution in [0.4, 0.5) is 0 Å². The zero-order chi connectivity index (χ0) is 15.9. The molecule has 0 amide bonds. The van der Waals surface area contributed by atoms with Gasteiger partial charge in [-0.05, 0) is 39.0 Å². The Kier molecular flexibility index (Phi) is 13.7. The highest BCUT2D eigenvalue weighted by atomic mass is 32.1. The Hall–Kier alpha value is -0.770. The van der Waals surface area contributed by atoms with Crippen LogP contribution < -0.4 is 5.73 Å². The zero-order valence-electron chi connectivity index (χ0n) is 13.5. The topological polar surface area (TPSA) is 35.2 Å².